The molecule has 0 atom stereocenters. The second-order valence-corrected chi connectivity index (χ2v) is 6.07. The van der Waals surface area contributed by atoms with Gasteiger partial charge in [0.1, 0.15) is 16.5 Å². The summed E-state index contributed by atoms with van der Waals surface area (Å²) in [7, 11) is 0. The number of aromatic nitrogens is 1. The Bertz CT molecular complexity index is 696. The van der Waals surface area contributed by atoms with Crippen molar-refractivity contribution in [3.05, 3.63) is 34.5 Å². The van der Waals surface area contributed by atoms with Crippen molar-refractivity contribution in [3.8, 4) is 0 Å². The van der Waals surface area contributed by atoms with Crippen LogP contribution in [0.1, 0.15) is 28.1 Å². The number of carbonyl (C=O) groups is 1. The third-order valence-corrected chi connectivity index (χ3v) is 4.18. The highest BCUT2D eigenvalue weighted by molar-refractivity contribution is 7.18. The monoisotopic (exact) mass is 306 g/mol. The van der Waals surface area contributed by atoms with E-state index in [-0.39, 0.29) is 17.5 Å². The van der Waals surface area contributed by atoms with Gasteiger partial charge in [-0.05, 0) is 43.5 Å². The molecule has 0 radical (unpaired) electrons. The van der Waals surface area contributed by atoms with Gasteiger partial charge < -0.3 is 16.4 Å². The summed E-state index contributed by atoms with van der Waals surface area (Å²) in [5, 5.41) is 6.58. The van der Waals surface area contributed by atoms with Crippen LogP contribution in [0.3, 0.4) is 0 Å². The van der Waals surface area contributed by atoms with E-state index in [9.17, 15) is 9.18 Å². The van der Waals surface area contributed by atoms with Gasteiger partial charge in [-0.2, -0.15) is 0 Å². The zero-order valence-corrected chi connectivity index (χ0v) is 12.3. The first-order valence-corrected chi connectivity index (χ1v) is 7.45. The average molecular weight is 306 g/mol. The molecule has 2 aromatic rings. The van der Waals surface area contributed by atoms with E-state index >= 15 is 0 Å². The number of carbonyl (C=O) groups excluding carboxylic acids is 1. The minimum atomic E-state index is -0.333. The van der Waals surface area contributed by atoms with Gasteiger partial charge in [0.25, 0.3) is 5.91 Å². The van der Waals surface area contributed by atoms with E-state index in [0.29, 0.717) is 27.3 Å². The summed E-state index contributed by atoms with van der Waals surface area (Å²) in [6, 6.07) is 4.86. The van der Waals surface area contributed by atoms with Crippen molar-refractivity contribution >= 4 is 33.9 Å². The number of benzene rings is 1. The number of anilines is 3. The number of rotatable bonds is 4. The van der Waals surface area contributed by atoms with Crippen LogP contribution in [0.2, 0.25) is 0 Å². The molecule has 0 aliphatic heterocycles. The molecular formula is C14H15FN4OS. The van der Waals surface area contributed by atoms with Crippen LogP contribution in [0.25, 0.3) is 0 Å². The van der Waals surface area contributed by atoms with Crippen molar-refractivity contribution in [2.24, 2.45) is 0 Å². The maximum Gasteiger partial charge on any atom is 0.269 e. The van der Waals surface area contributed by atoms with Gasteiger partial charge in [0.15, 0.2) is 5.13 Å². The maximum absolute atomic E-state index is 13.2. The van der Waals surface area contributed by atoms with E-state index in [2.05, 4.69) is 15.6 Å². The molecule has 1 aromatic heterocycles. The minimum absolute atomic E-state index is 0.208. The van der Waals surface area contributed by atoms with Gasteiger partial charge in [-0.3, -0.25) is 4.79 Å². The van der Waals surface area contributed by atoms with Gasteiger partial charge in [-0.1, -0.05) is 11.3 Å². The molecule has 5 nitrogen and oxygen atoms in total. The number of hydrogen-bond donors (Lipinski definition) is 3. The number of nitrogens with two attached hydrogens (primary N) is 1. The lowest BCUT2D eigenvalue weighted by Gasteiger charge is -2.05. The molecule has 0 saturated heterocycles. The summed E-state index contributed by atoms with van der Waals surface area (Å²) in [5.74, 6) is -0.430. The SMILES string of the molecule is Cc1cc(NC(=O)c2sc(NC3CC3)nc2N)ccc1F. The minimum Gasteiger partial charge on any atom is -0.382 e. The van der Waals surface area contributed by atoms with E-state index in [1.165, 1.54) is 23.5 Å². The number of halogens is 1. The Balaban J connectivity index is 1.74. The third-order valence-electron chi connectivity index (χ3n) is 3.18. The third kappa shape index (κ3) is 3.13. The molecule has 1 amide bonds. The van der Waals surface area contributed by atoms with Crippen LogP contribution in [0.4, 0.5) is 21.0 Å². The molecule has 4 N–H and O–H groups in total. The Kier molecular flexibility index (Phi) is 3.50. The molecule has 0 bridgehead atoms. The molecule has 1 aliphatic rings. The molecule has 1 aromatic carbocycles. The number of nitrogen functional groups attached to an aromatic ring is 1. The Morgan fingerprint density at radius 1 is 1.48 bits per heavy atom. The van der Waals surface area contributed by atoms with Gasteiger partial charge >= 0.3 is 0 Å². The van der Waals surface area contributed by atoms with Gasteiger partial charge in [-0.15, -0.1) is 0 Å². The first-order chi connectivity index (χ1) is 10.0. The zero-order valence-electron chi connectivity index (χ0n) is 11.4. The number of aryl methyl sites for hydroxylation is 1. The molecule has 1 aliphatic carbocycles. The smallest absolute Gasteiger partial charge is 0.269 e. The van der Waals surface area contributed by atoms with Gasteiger partial charge in [0, 0.05) is 11.7 Å². The van der Waals surface area contributed by atoms with Crippen LogP contribution in [0, 0.1) is 12.7 Å². The first-order valence-electron chi connectivity index (χ1n) is 6.63. The topological polar surface area (TPSA) is 80.0 Å². The highest BCUT2D eigenvalue weighted by atomic mass is 32.1. The molecule has 0 unspecified atom stereocenters. The molecule has 7 heteroatoms. The lowest BCUT2D eigenvalue weighted by Crippen LogP contribution is -2.12. The second kappa shape index (κ2) is 5.33. The second-order valence-electron chi connectivity index (χ2n) is 5.07. The summed E-state index contributed by atoms with van der Waals surface area (Å²) >= 11 is 1.23. The predicted molar refractivity (Wildman–Crippen MR) is 82.3 cm³/mol. The van der Waals surface area contributed by atoms with Gasteiger partial charge in [-0.25, -0.2) is 9.37 Å². The Labute approximate surface area is 125 Å². The molecule has 110 valence electrons. The molecular weight excluding hydrogens is 291 g/mol. The number of nitrogens with one attached hydrogen (secondary N) is 2. The normalized spacial score (nSPS) is 14.0. The molecule has 1 heterocycles. The number of nitrogens with zero attached hydrogens (tertiary/aromatic N) is 1. The summed E-state index contributed by atoms with van der Waals surface area (Å²) in [6.45, 7) is 1.64. The molecule has 0 spiro atoms. The standard InChI is InChI=1S/C14H15FN4OS/c1-7-6-9(4-5-10(7)15)17-13(20)11-12(16)19-14(21-11)18-8-2-3-8/h4-6,8H,2-3,16H2,1H3,(H,17,20)(H,18,19). The van der Waals surface area contributed by atoms with Crippen LogP contribution in [-0.2, 0) is 0 Å². The van der Waals surface area contributed by atoms with Crippen molar-refractivity contribution in [2.45, 2.75) is 25.8 Å². The van der Waals surface area contributed by atoms with Crippen LogP contribution in [0.15, 0.2) is 18.2 Å². The van der Waals surface area contributed by atoms with Gasteiger partial charge in [0.2, 0.25) is 0 Å². The quantitative estimate of drug-likeness (QED) is 0.811. The van der Waals surface area contributed by atoms with Crippen LogP contribution in [-0.4, -0.2) is 16.9 Å². The van der Waals surface area contributed by atoms with E-state index in [4.69, 9.17) is 5.73 Å². The highest BCUT2D eigenvalue weighted by Gasteiger charge is 2.24. The van der Waals surface area contributed by atoms with E-state index in [0.717, 1.165) is 12.8 Å². The van der Waals surface area contributed by atoms with Crippen molar-refractivity contribution in [2.75, 3.05) is 16.4 Å². The summed E-state index contributed by atoms with van der Waals surface area (Å²) in [5.41, 5.74) is 6.79. The van der Waals surface area contributed by atoms with Crippen molar-refractivity contribution in [3.63, 3.8) is 0 Å². The summed E-state index contributed by atoms with van der Waals surface area (Å²) in [6.07, 6.45) is 2.24. The number of amides is 1. The Morgan fingerprint density at radius 3 is 2.90 bits per heavy atom. The van der Waals surface area contributed by atoms with E-state index in [1.807, 2.05) is 0 Å². The summed E-state index contributed by atoms with van der Waals surface area (Å²) < 4.78 is 13.2. The van der Waals surface area contributed by atoms with E-state index < -0.39 is 0 Å². The maximum atomic E-state index is 13.2. The fourth-order valence-electron chi connectivity index (χ4n) is 1.87. The highest BCUT2D eigenvalue weighted by Crippen LogP contribution is 2.31. The lowest BCUT2D eigenvalue weighted by atomic mass is 10.2. The fraction of sp³-hybridized carbons (Fsp3) is 0.286. The lowest BCUT2D eigenvalue weighted by molar-refractivity contribution is 0.103. The van der Waals surface area contributed by atoms with Gasteiger partial charge in [0.05, 0.1) is 0 Å². The average Bonchev–Trinajstić information content (AvgIpc) is 3.16. The largest absolute Gasteiger partial charge is 0.382 e. The zero-order chi connectivity index (χ0) is 15.0. The number of thiazole rings is 1. The van der Waals surface area contributed by atoms with Crippen molar-refractivity contribution < 1.29 is 9.18 Å². The Morgan fingerprint density at radius 2 is 2.24 bits per heavy atom. The Hall–Kier alpha value is -2.15. The first kappa shape index (κ1) is 13.8. The number of hydrogen-bond acceptors (Lipinski definition) is 5. The van der Waals surface area contributed by atoms with Crippen LogP contribution < -0.4 is 16.4 Å². The summed E-state index contributed by atoms with van der Waals surface area (Å²) in [4.78, 5) is 16.7. The van der Waals surface area contributed by atoms with Crippen molar-refractivity contribution in [1.82, 2.24) is 4.98 Å². The fourth-order valence-corrected chi connectivity index (χ4v) is 2.73. The van der Waals surface area contributed by atoms with Crippen LogP contribution in [0.5, 0.6) is 0 Å². The van der Waals surface area contributed by atoms with Crippen molar-refractivity contribution in [1.29, 1.82) is 0 Å². The van der Waals surface area contributed by atoms with E-state index in [1.54, 1.807) is 13.0 Å². The molecule has 21 heavy (non-hydrogen) atoms. The van der Waals surface area contributed by atoms with Crippen LogP contribution >= 0.6 is 11.3 Å². The molecule has 1 saturated carbocycles. The molecule has 3 rings (SSSR count). The predicted octanol–water partition coefficient (Wildman–Crippen LogP) is 3.00. The molecule has 1 fully saturated rings.